The molecule has 1 atom stereocenters. The lowest BCUT2D eigenvalue weighted by Crippen LogP contribution is -2.29. The van der Waals surface area contributed by atoms with Gasteiger partial charge in [-0.2, -0.15) is 0 Å². The molecule has 2 heterocycles. The number of imidazole rings is 1. The number of nitrogens with zero attached hydrogens (tertiary/aromatic N) is 3. The van der Waals surface area contributed by atoms with Gasteiger partial charge in [0.05, 0.1) is 12.4 Å². The number of carbonyl (C=O) groups is 1. The van der Waals surface area contributed by atoms with E-state index in [-0.39, 0.29) is 5.91 Å². The first kappa shape index (κ1) is 11.1. The normalized spacial score (nSPS) is 20.4. The van der Waals surface area contributed by atoms with Gasteiger partial charge >= 0.3 is 0 Å². The number of rotatable bonds is 3. The second-order valence-corrected chi connectivity index (χ2v) is 3.98. The molecule has 0 saturated carbocycles. The maximum Gasteiger partial charge on any atom is 0.274 e. The lowest BCUT2D eigenvalue weighted by Gasteiger charge is -2.13. The number of β-amino-alcohol motifs (C(OH)–C–C–N with tert-alkyl or cyclic N) is 1. The molecular formula is C10H16N4O2. The Hall–Kier alpha value is -1.40. The Bertz CT molecular complexity index is 377. The molecule has 1 aliphatic heterocycles. The van der Waals surface area contributed by atoms with Crippen molar-refractivity contribution < 1.29 is 9.90 Å². The summed E-state index contributed by atoms with van der Waals surface area (Å²) in [6, 6.07) is 0. The van der Waals surface area contributed by atoms with Gasteiger partial charge in [0.15, 0.2) is 0 Å². The Morgan fingerprint density at radius 1 is 1.69 bits per heavy atom. The Kier molecular flexibility index (Phi) is 3.21. The highest BCUT2D eigenvalue weighted by molar-refractivity contribution is 5.92. The van der Waals surface area contributed by atoms with Gasteiger partial charge in [0.2, 0.25) is 0 Å². The van der Waals surface area contributed by atoms with Crippen molar-refractivity contribution in [3.63, 3.8) is 0 Å². The smallest absolute Gasteiger partial charge is 0.274 e. The highest BCUT2D eigenvalue weighted by Gasteiger charge is 2.26. The van der Waals surface area contributed by atoms with E-state index < -0.39 is 6.10 Å². The first-order valence-electron chi connectivity index (χ1n) is 5.40. The number of likely N-dealkylation sites (tertiary alicyclic amines) is 1. The van der Waals surface area contributed by atoms with Gasteiger partial charge in [-0.25, -0.2) is 4.98 Å². The second-order valence-electron chi connectivity index (χ2n) is 3.98. The molecule has 1 aliphatic rings. The number of aromatic nitrogens is 2. The van der Waals surface area contributed by atoms with Gasteiger partial charge in [-0.3, -0.25) is 4.79 Å². The molecule has 88 valence electrons. The number of hydrogen-bond donors (Lipinski definition) is 2. The van der Waals surface area contributed by atoms with Gasteiger partial charge in [0, 0.05) is 32.4 Å². The molecule has 2 rings (SSSR count). The monoisotopic (exact) mass is 224 g/mol. The predicted molar refractivity (Wildman–Crippen MR) is 57.8 cm³/mol. The van der Waals surface area contributed by atoms with Gasteiger partial charge in [0.25, 0.3) is 5.91 Å². The first-order valence-corrected chi connectivity index (χ1v) is 5.40. The SMILES string of the molecule is NCCn1cnc(C(=O)N2CC[C@H](O)C2)c1. The minimum absolute atomic E-state index is 0.118. The van der Waals surface area contributed by atoms with Crippen LogP contribution in [0.5, 0.6) is 0 Å². The second kappa shape index (κ2) is 4.63. The zero-order valence-electron chi connectivity index (χ0n) is 9.04. The molecule has 1 aromatic rings. The third-order valence-electron chi connectivity index (χ3n) is 2.69. The van der Waals surface area contributed by atoms with E-state index in [0.717, 1.165) is 0 Å². The minimum atomic E-state index is -0.393. The van der Waals surface area contributed by atoms with E-state index in [1.54, 1.807) is 22.0 Å². The van der Waals surface area contributed by atoms with Crippen LogP contribution in [0.15, 0.2) is 12.5 Å². The zero-order valence-corrected chi connectivity index (χ0v) is 9.04. The molecule has 3 N–H and O–H groups in total. The molecule has 0 unspecified atom stereocenters. The third kappa shape index (κ3) is 2.23. The molecule has 0 aromatic carbocycles. The topological polar surface area (TPSA) is 84.4 Å². The quantitative estimate of drug-likeness (QED) is 0.693. The average Bonchev–Trinajstić information content (AvgIpc) is 2.87. The van der Waals surface area contributed by atoms with Crippen molar-refractivity contribution in [3.05, 3.63) is 18.2 Å². The van der Waals surface area contributed by atoms with Gasteiger partial charge < -0.3 is 20.3 Å². The minimum Gasteiger partial charge on any atom is -0.391 e. The number of hydrogen-bond acceptors (Lipinski definition) is 4. The van der Waals surface area contributed by atoms with Crippen LogP contribution in [0.4, 0.5) is 0 Å². The molecular weight excluding hydrogens is 208 g/mol. The molecule has 1 saturated heterocycles. The van der Waals surface area contributed by atoms with Crippen LogP contribution in [0.2, 0.25) is 0 Å². The molecule has 0 aliphatic carbocycles. The molecule has 16 heavy (non-hydrogen) atoms. The molecule has 0 bridgehead atoms. The maximum atomic E-state index is 11.9. The van der Waals surface area contributed by atoms with E-state index in [1.165, 1.54) is 0 Å². The summed E-state index contributed by atoms with van der Waals surface area (Å²) in [7, 11) is 0. The molecule has 0 spiro atoms. The van der Waals surface area contributed by atoms with E-state index in [9.17, 15) is 9.90 Å². The number of amides is 1. The summed E-state index contributed by atoms with van der Waals surface area (Å²) in [5.74, 6) is -0.118. The van der Waals surface area contributed by atoms with E-state index in [2.05, 4.69) is 4.98 Å². The zero-order chi connectivity index (χ0) is 11.5. The Balaban J connectivity index is 2.03. The van der Waals surface area contributed by atoms with E-state index in [0.29, 0.717) is 38.3 Å². The van der Waals surface area contributed by atoms with Crippen LogP contribution in [0.3, 0.4) is 0 Å². The van der Waals surface area contributed by atoms with E-state index in [4.69, 9.17) is 5.73 Å². The number of aliphatic hydroxyl groups is 1. The molecule has 0 radical (unpaired) electrons. The van der Waals surface area contributed by atoms with Gasteiger partial charge in [-0.05, 0) is 6.42 Å². The molecule has 1 aromatic heterocycles. The molecule has 1 amide bonds. The predicted octanol–water partition coefficient (Wildman–Crippen LogP) is -0.951. The van der Waals surface area contributed by atoms with Gasteiger partial charge in [0.1, 0.15) is 5.69 Å². The molecule has 6 nitrogen and oxygen atoms in total. The van der Waals surface area contributed by atoms with Gasteiger partial charge in [-0.1, -0.05) is 0 Å². The fraction of sp³-hybridized carbons (Fsp3) is 0.600. The van der Waals surface area contributed by atoms with Crippen molar-refractivity contribution in [1.82, 2.24) is 14.5 Å². The maximum absolute atomic E-state index is 11.9. The number of carbonyl (C=O) groups excluding carboxylic acids is 1. The fourth-order valence-corrected chi connectivity index (χ4v) is 1.83. The van der Waals surface area contributed by atoms with Crippen molar-refractivity contribution in [2.45, 2.75) is 19.1 Å². The summed E-state index contributed by atoms with van der Waals surface area (Å²) in [5.41, 5.74) is 5.83. The van der Waals surface area contributed by atoms with Crippen molar-refractivity contribution in [3.8, 4) is 0 Å². The number of aliphatic hydroxyl groups excluding tert-OH is 1. The summed E-state index contributed by atoms with van der Waals surface area (Å²) in [5, 5.41) is 9.35. The Labute approximate surface area is 93.7 Å². The van der Waals surface area contributed by atoms with Crippen molar-refractivity contribution in [1.29, 1.82) is 0 Å². The summed E-state index contributed by atoms with van der Waals surface area (Å²) >= 11 is 0. The van der Waals surface area contributed by atoms with Crippen molar-refractivity contribution in [2.75, 3.05) is 19.6 Å². The van der Waals surface area contributed by atoms with Gasteiger partial charge in [-0.15, -0.1) is 0 Å². The van der Waals surface area contributed by atoms with Crippen molar-refractivity contribution in [2.24, 2.45) is 5.73 Å². The van der Waals surface area contributed by atoms with Crippen LogP contribution in [-0.2, 0) is 6.54 Å². The van der Waals surface area contributed by atoms with Crippen LogP contribution in [-0.4, -0.2) is 51.2 Å². The van der Waals surface area contributed by atoms with Crippen molar-refractivity contribution >= 4 is 5.91 Å². The van der Waals surface area contributed by atoms with Crippen LogP contribution in [0, 0.1) is 0 Å². The fourth-order valence-electron chi connectivity index (χ4n) is 1.83. The summed E-state index contributed by atoms with van der Waals surface area (Å²) < 4.78 is 1.79. The average molecular weight is 224 g/mol. The highest BCUT2D eigenvalue weighted by Crippen LogP contribution is 2.12. The summed E-state index contributed by atoms with van der Waals surface area (Å²) in [6.07, 6.45) is 3.55. The third-order valence-corrected chi connectivity index (χ3v) is 2.69. The van der Waals surface area contributed by atoms with Crippen LogP contribution in [0.1, 0.15) is 16.9 Å². The first-order chi connectivity index (χ1) is 7.70. The Morgan fingerprint density at radius 2 is 2.50 bits per heavy atom. The largest absolute Gasteiger partial charge is 0.391 e. The molecule has 6 heteroatoms. The standard InChI is InChI=1S/C10H16N4O2/c11-2-4-13-6-9(12-7-13)10(16)14-3-1-8(15)5-14/h6-8,15H,1-5,11H2/t8-/m0/s1. The van der Waals surface area contributed by atoms with Crippen LogP contribution < -0.4 is 5.73 Å². The summed E-state index contributed by atoms with van der Waals surface area (Å²) in [4.78, 5) is 17.6. The summed E-state index contributed by atoms with van der Waals surface area (Å²) in [6.45, 7) is 2.18. The highest BCUT2D eigenvalue weighted by atomic mass is 16.3. The number of nitrogens with two attached hydrogens (primary N) is 1. The lowest BCUT2D eigenvalue weighted by atomic mass is 10.3. The lowest BCUT2D eigenvalue weighted by molar-refractivity contribution is 0.0759. The molecule has 1 fully saturated rings. The van der Waals surface area contributed by atoms with Crippen LogP contribution in [0.25, 0.3) is 0 Å². The van der Waals surface area contributed by atoms with E-state index >= 15 is 0 Å². The van der Waals surface area contributed by atoms with E-state index in [1.807, 2.05) is 0 Å². The van der Waals surface area contributed by atoms with Crippen LogP contribution >= 0.6 is 0 Å². The Morgan fingerprint density at radius 3 is 3.12 bits per heavy atom.